The summed E-state index contributed by atoms with van der Waals surface area (Å²) in [6.07, 6.45) is 5.93. The highest BCUT2D eigenvalue weighted by Gasteiger charge is 2.43. The fraction of sp³-hybridized carbons (Fsp3) is 0.500. The number of hydrogen-bond acceptors (Lipinski definition) is 8. The predicted molar refractivity (Wildman–Crippen MR) is 146 cm³/mol. The molecule has 1 amide bonds. The van der Waals surface area contributed by atoms with E-state index in [1.807, 2.05) is 18.2 Å². The number of aliphatic hydroxyl groups is 1. The monoisotopic (exact) mass is 539 g/mol. The second-order valence-electron chi connectivity index (χ2n) is 10.6. The molecule has 1 saturated carbocycles. The molecule has 3 aromatic rings. The van der Waals surface area contributed by atoms with Gasteiger partial charge >= 0.3 is 0 Å². The molecule has 1 fully saturated rings. The molecule has 1 aliphatic heterocycles. The topological polar surface area (TPSA) is 118 Å². The van der Waals surface area contributed by atoms with Crippen molar-refractivity contribution in [2.45, 2.75) is 70.6 Å². The van der Waals surface area contributed by atoms with E-state index in [-0.39, 0.29) is 23.5 Å². The van der Waals surface area contributed by atoms with Crippen molar-refractivity contribution in [1.82, 2.24) is 20.3 Å². The van der Waals surface area contributed by atoms with Gasteiger partial charge < -0.3 is 25.2 Å². The molecule has 3 N–H and O–H groups in total. The van der Waals surface area contributed by atoms with Crippen molar-refractivity contribution in [2.24, 2.45) is 5.41 Å². The largest absolute Gasteiger partial charge is 0.481 e. The summed E-state index contributed by atoms with van der Waals surface area (Å²) < 4.78 is 10.7. The predicted octanol–water partition coefficient (Wildman–Crippen LogP) is 4.44. The number of fused-ring (bicyclic) bond motifs is 2. The highest BCUT2D eigenvalue weighted by Crippen LogP contribution is 2.47. The third kappa shape index (κ3) is 5.28. The Hall–Kier alpha value is -3.01. The van der Waals surface area contributed by atoms with Gasteiger partial charge in [0.2, 0.25) is 5.88 Å². The summed E-state index contributed by atoms with van der Waals surface area (Å²) in [4.78, 5) is 25.2. The minimum absolute atomic E-state index is 0.0175. The molecule has 0 saturated heterocycles. The van der Waals surface area contributed by atoms with Crippen LogP contribution in [0.2, 0.25) is 5.02 Å². The van der Waals surface area contributed by atoms with Crippen LogP contribution in [0.1, 0.15) is 57.2 Å². The van der Waals surface area contributed by atoms with E-state index in [2.05, 4.69) is 39.4 Å². The number of carbonyl (C=O) groups excluding carboxylic acids is 1. The van der Waals surface area contributed by atoms with E-state index >= 15 is 0 Å². The Labute approximate surface area is 227 Å². The first-order valence-electron chi connectivity index (χ1n) is 13.1. The van der Waals surface area contributed by atoms with E-state index in [0.717, 1.165) is 48.9 Å². The number of methoxy groups -OCH3 is 1. The summed E-state index contributed by atoms with van der Waals surface area (Å²) in [5.74, 6) is 1.36. The molecule has 10 heteroatoms. The van der Waals surface area contributed by atoms with Gasteiger partial charge in [0.1, 0.15) is 0 Å². The molecule has 0 radical (unpaired) electrons. The minimum Gasteiger partial charge on any atom is -0.481 e. The van der Waals surface area contributed by atoms with Gasteiger partial charge in [-0.05, 0) is 62.6 Å². The number of hydrogen-bond donors (Lipinski definition) is 3. The first kappa shape index (κ1) is 26.6. The maximum absolute atomic E-state index is 11.6. The Morgan fingerprint density at radius 3 is 2.74 bits per heavy atom. The number of ether oxygens (including phenoxy) is 2. The van der Waals surface area contributed by atoms with Crippen LogP contribution in [-0.4, -0.2) is 51.3 Å². The standard InChI is InChI=1S/C28H34ClN5O4/c1-4-28(22(35)13-18-19(29)15-30-20-6-8-24(37-3)34-25(18)20)11-9-27(2,10-12-28)31-14-17-5-7-21-26(32-17)33-23(36)16-38-21/h5-8,15,22,31,35H,4,9-14,16H2,1-3H3,(H,32,33,36). The molecule has 0 bridgehead atoms. The van der Waals surface area contributed by atoms with Crippen LogP contribution in [0.15, 0.2) is 30.5 Å². The average Bonchev–Trinajstić information content (AvgIpc) is 2.93. The third-order valence-electron chi connectivity index (χ3n) is 8.34. The lowest BCUT2D eigenvalue weighted by atomic mass is 9.63. The molecule has 1 unspecified atom stereocenters. The minimum atomic E-state index is -0.570. The number of halogens is 1. The molecule has 0 aromatic carbocycles. The number of amides is 1. The van der Waals surface area contributed by atoms with E-state index in [9.17, 15) is 9.90 Å². The van der Waals surface area contributed by atoms with Gasteiger partial charge in [0.15, 0.2) is 18.2 Å². The Morgan fingerprint density at radius 2 is 2.00 bits per heavy atom. The number of nitrogens with one attached hydrogen (secondary N) is 2. The molecule has 1 atom stereocenters. The normalized spacial score (nSPS) is 23.9. The number of rotatable bonds is 8. The Kier molecular flexibility index (Phi) is 7.44. The molecule has 5 rings (SSSR count). The molecule has 0 spiro atoms. The van der Waals surface area contributed by atoms with Crippen molar-refractivity contribution in [2.75, 3.05) is 19.0 Å². The van der Waals surface area contributed by atoms with Gasteiger partial charge in [-0.3, -0.25) is 9.78 Å². The van der Waals surface area contributed by atoms with Gasteiger partial charge in [0.25, 0.3) is 5.91 Å². The van der Waals surface area contributed by atoms with Crippen LogP contribution in [0.5, 0.6) is 11.6 Å². The van der Waals surface area contributed by atoms with E-state index in [1.54, 1.807) is 19.4 Å². The molecule has 1 aliphatic carbocycles. The molecule has 4 heterocycles. The third-order valence-corrected chi connectivity index (χ3v) is 8.66. The van der Waals surface area contributed by atoms with Crippen LogP contribution in [0, 0.1) is 5.41 Å². The van der Waals surface area contributed by atoms with Crippen LogP contribution < -0.4 is 20.1 Å². The van der Waals surface area contributed by atoms with Crippen molar-refractivity contribution in [3.63, 3.8) is 0 Å². The highest BCUT2D eigenvalue weighted by atomic mass is 35.5. The summed E-state index contributed by atoms with van der Waals surface area (Å²) in [7, 11) is 1.58. The number of anilines is 1. The molecule has 3 aromatic heterocycles. The zero-order valence-corrected chi connectivity index (χ0v) is 22.8. The van der Waals surface area contributed by atoms with Crippen molar-refractivity contribution < 1.29 is 19.4 Å². The van der Waals surface area contributed by atoms with Crippen molar-refractivity contribution in [3.8, 4) is 11.6 Å². The van der Waals surface area contributed by atoms with Gasteiger partial charge in [0, 0.05) is 36.3 Å². The number of pyridine rings is 3. The molecule has 2 aliphatic rings. The SMILES string of the molecule is CCC1(C(O)Cc2c(Cl)cnc3ccc(OC)nc23)CCC(C)(NCc2ccc3c(n2)NC(=O)CO3)CC1. The lowest BCUT2D eigenvalue weighted by Gasteiger charge is -2.47. The van der Waals surface area contributed by atoms with Gasteiger partial charge in [-0.15, -0.1) is 0 Å². The zero-order chi connectivity index (χ0) is 26.9. The lowest BCUT2D eigenvalue weighted by molar-refractivity contribution is -0.118. The lowest BCUT2D eigenvalue weighted by Crippen LogP contribution is -2.50. The number of aliphatic hydroxyl groups excluding tert-OH is 1. The summed E-state index contributed by atoms with van der Waals surface area (Å²) in [6.45, 7) is 4.98. The van der Waals surface area contributed by atoms with Gasteiger partial charge in [-0.25, -0.2) is 9.97 Å². The Morgan fingerprint density at radius 1 is 1.21 bits per heavy atom. The van der Waals surface area contributed by atoms with E-state index < -0.39 is 6.10 Å². The van der Waals surface area contributed by atoms with Crippen LogP contribution in [0.4, 0.5) is 5.82 Å². The molecule has 202 valence electrons. The van der Waals surface area contributed by atoms with Gasteiger partial charge in [-0.1, -0.05) is 18.5 Å². The van der Waals surface area contributed by atoms with E-state index in [4.69, 9.17) is 21.1 Å². The average molecular weight is 540 g/mol. The zero-order valence-electron chi connectivity index (χ0n) is 22.0. The van der Waals surface area contributed by atoms with E-state index in [1.165, 1.54) is 0 Å². The first-order valence-corrected chi connectivity index (χ1v) is 13.5. The number of nitrogens with zero attached hydrogens (tertiary/aromatic N) is 3. The van der Waals surface area contributed by atoms with Crippen LogP contribution in [-0.2, 0) is 17.8 Å². The summed E-state index contributed by atoms with van der Waals surface area (Å²) >= 11 is 6.57. The van der Waals surface area contributed by atoms with Crippen molar-refractivity contribution in [3.05, 3.63) is 46.7 Å². The van der Waals surface area contributed by atoms with Gasteiger partial charge in [0.05, 0.1) is 35.0 Å². The molecule has 38 heavy (non-hydrogen) atoms. The Bertz CT molecular complexity index is 1340. The quantitative estimate of drug-likeness (QED) is 0.384. The maximum atomic E-state index is 11.6. The van der Waals surface area contributed by atoms with Gasteiger partial charge in [-0.2, -0.15) is 0 Å². The summed E-state index contributed by atoms with van der Waals surface area (Å²) in [6, 6.07) is 7.40. The second-order valence-corrected chi connectivity index (χ2v) is 11.0. The maximum Gasteiger partial charge on any atom is 0.263 e. The van der Waals surface area contributed by atoms with Crippen molar-refractivity contribution >= 4 is 34.4 Å². The Balaban J connectivity index is 1.26. The number of carbonyl (C=O) groups is 1. The fourth-order valence-corrected chi connectivity index (χ4v) is 5.82. The second kappa shape index (κ2) is 10.6. The number of aromatic nitrogens is 3. The molecule has 9 nitrogen and oxygen atoms in total. The smallest absolute Gasteiger partial charge is 0.263 e. The summed E-state index contributed by atoms with van der Waals surface area (Å²) in [5.41, 5.74) is 2.73. The highest BCUT2D eigenvalue weighted by molar-refractivity contribution is 6.32. The van der Waals surface area contributed by atoms with Crippen LogP contribution in [0.3, 0.4) is 0 Å². The van der Waals surface area contributed by atoms with Crippen LogP contribution in [0.25, 0.3) is 11.0 Å². The van der Waals surface area contributed by atoms with E-state index in [0.29, 0.717) is 41.0 Å². The van der Waals surface area contributed by atoms with Crippen molar-refractivity contribution in [1.29, 1.82) is 0 Å². The summed E-state index contributed by atoms with van der Waals surface area (Å²) in [5, 5.41) is 18.5. The fourth-order valence-electron chi connectivity index (χ4n) is 5.60. The molecular weight excluding hydrogens is 506 g/mol. The van der Waals surface area contributed by atoms with Crippen LogP contribution >= 0.6 is 11.6 Å². The first-order chi connectivity index (χ1) is 18.2. The molecular formula is C28H34ClN5O4.